The largest absolute Gasteiger partial charge is 0.337 e. The van der Waals surface area contributed by atoms with E-state index in [4.69, 9.17) is 0 Å². The molecule has 0 spiro atoms. The number of halogens is 1. The molecule has 2 fully saturated rings. The van der Waals surface area contributed by atoms with Crippen LogP contribution in [-0.4, -0.2) is 62.3 Å². The number of nitrogens with zero attached hydrogens (tertiary/aromatic N) is 2. The molecule has 0 bridgehead atoms. The molecule has 8 heteroatoms. The van der Waals surface area contributed by atoms with Crippen molar-refractivity contribution in [2.75, 3.05) is 32.7 Å². The molecule has 140 valence electrons. The van der Waals surface area contributed by atoms with Crippen LogP contribution in [0.5, 0.6) is 0 Å². The zero-order valence-corrected chi connectivity index (χ0v) is 16.1. The second-order valence-corrected chi connectivity index (χ2v) is 8.54. The number of piperazine rings is 1. The molecule has 25 heavy (non-hydrogen) atoms. The lowest BCUT2D eigenvalue weighted by Crippen LogP contribution is -2.55. The standard InChI is InChI=1S/C17H25N3O3S.ClH/c1-14-12-18-9-11-20(14)17(21)15-6-5-10-19(13-15)24(22,23)16-7-3-2-4-8-16;/h2-4,7-8,14-15,18H,5-6,9-13H2,1H3;1H. The van der Waals surface area contributed by atoms with Crippen LogP contribution in [0.25, 0.3) is 0 Å². The Bertz CT molecular complexity index is 684. The van der Waals surface area contributed by atoms with Crippen LogP contribution in [0, 0.1) is 5.92 Å². The highest BCUT2D eigenvalue weighted by molar-refractivity contribution is 7.89. The fourth-order valence-electron chi connectivity index (χ4n) is 3.51. The van der Waals surface area contributed by atoms with E-state index < -0.39 is 10.0 Å². The van der Waals surface area contributed by atoms with Crippen molar-refractivity contribution in [1.82, 2.24) is 14.5 Å². The number of carbonyl (C=O) groups excluding carboxylic acids is 1. The fraction of sp³-hybridized carbons (Fsp3) is 0.588. The third-order valence-corrected chi connectivity index (χ3v) is 6.78. The van der Waals surface area contributed by atoms with Crippen LogP contribution >= 0.6 is 12.4 Å². The summed E-state index contributed by atoms with van der Waals surface area (Å²) >= 11 is 0. The van der Waals surface area contributed by atoms with Crippen molar-refractivity contribution in [3.8, 4) is 0 Å². The van der Waals surface area contributed by atoms with Gasteiger partial charge in [-0.15, -0.1) is 12.4 Å². The molecule has 1 amide bonds. The molecule has 1 aromatic carbocycles. The van der Waals surface area contributed by atoms with Crippen molar-refractivity contribution in [3.63, 3.8) is 0 Å². The molecule has 2 unspecified atom stereocenters. The topological polar surface area (TPSA) is 69.7 Å². The van der Waals surface area contributed by atoms with Gasteiger partial charge < -0.3 is 10.2 Å². The average Bonchev–Trinajstić information content (AvgIpc) is 2.62. The molecular weight excluding hydrogens is 362 g/mol. The lowest BCUT2D eigenvalue weighted by Gasteiger charge is -2.39. The van der Waals surface area contributed by atoms with Crippen molar-refractivity contribution in [2.45, 2.75) is 30.7 Å². The van der Waals surface area contributed by atoms with Crippen LogP contribution in [0.15, 0.2) is 35.2 Å². The molecule has 6 nitrogen and oxygen atoms in total. The minimum absolute atomic E-state index is 0. The molecule has 0 aliphatic carbocycles. The van der Waals surface area contributed by atoms with Gasteiger partial charge in [0, 0.05) is 38.8 Å². The molecule has 0 radical (unpaired) electrons. The molecule has 2 aliphatic rings. The van der Waals surface area contributed by atoms with Crippen LogP contribution in [0.2, 0.25) is 0 Å². The summed E-state index contributed by atoms with van der Waals surface area (Å²) in [7, 11) is -3.52. The first-order valence-corrected chi connectivity index (χ1v) is 10.0. The molecular formula is C17H26ClN3O3S. The first-order valence-electron chi connectivity index (χ1n) is 8.56. The predicted molar refractivity (Wildman–Crippen MR) is 99.2 cm³/mol. The first-order chi connectivity index (χ1) is 11.5. The fourth-order valence-corrected chi connectivity index (χ4v) is 5.05. The Labute approximate surface area is 156 Å². The van der Waals surface area contributed by atoms with Crippen molar-refractivity contribution in [3.05, 3.63) is 30.3 Å². The maximum absolute atomic E-state index is 12.8. The lowest BCUT2D eigenvalue weighted by molar-refractivity contribution is -0.139. The summed E-state index contributed by atoms with van der Waals surface area (Å²) in [5.41, 5.74) is 0. The smallest absolute Gasteiger partial charge is 0.243 e. The summed E-state index contributed by atoms with van der Waals surface area (Å²) in [6.45, 7) is 5.09. The van der Waals surface area contributed by atoms with Crippen molar-refractivity contribution >= 4 is 28.3 Å². The maximum atomic E-state index is 12.8. The number of rotatable bonds is 3. The van der Waals surface area contributed by atoms with Crippen LogP contribution in [0.4, 0.5) is 0 Å². The van der Waals surface area contributed by atoms with E-state index in [9.17, 15) is 13.2 Å². The number of benzene rings is 1. The highest BCUT2D eigenvalue weighted by Gasteiger charge is 2.36. The summed E-state index contributed by atoms with van der Waals surface area (Å²) in [5.74, 6) is -0.144. The lowest BCUT2D eigenvalue weighted by atomic mass is 9.97. The van der Waals surface area contributed by atoms with Gasteiger partial charge in [0.15, 0.2) is 0 Å². The average molecular weight is 388 g/mol. The summed E-state index contributed by atoms with van der Waals surface area (Å²) in [6.07, 6.45) is 1.49. The Morgan fingerprint density at radius 3 is 2.60 bits per heavy atom. The zero-order chi connectivity index (χ0) is 17.2. The zero-order valence-electron chi connectivity index (χ0n) is 14.4. The van der Waals surface area contributed by atoms with E-state index in [0.29, 0.717) is 18.0 Å². The number of carbonyl (C=O) groups is 1. The second kappa shape index (κ2) is 8.49. The number of piperidine rings is 1. The molecule has 3 rings (SSSR count). The first kappa shape index (κ1) is 20.2. The SMILES string of the molecule is CC1CNCCN1C(=O)C1CCCN(S(=O)(=O)c2ccccc2)C1.Cl. The molecule has 2 saturated heterocycles. The van der Waals surface area contributed by atoms with E-state index >= 15 is 0 Å². The molecule has 2 aliphatic heterocycles. The normalized spacial score (nSPS) is 25.2. The quantitative estimate of drug-likeness (QED) is 0.849. The Kier molecular flexibility index (Phi) is 6.85. The van der Waals surface area contributed by atoms with Crippen molar-refractivity contribution in [1.29, 1.82) is 0 Å². The Hall–Kier alpha value is -1.15. The minimum atomic E-state index is -3.52. The number of sulfonamides is 1. The summed E-state index contributed by atoms with van der Waals surface area (Å²) in [4.78, 5) is 15.1. The van der Waals surface area contributed by atoms with Gasteiger partial charge in [0.1, 0.15) is 0 Å². The van der Waals surface area contributed by atoms with Gasteiger partial charge in [0.05, 0.1) is 10.8 Å². The van der Waals surface area contributed by atoms with E-state index in [1.807, 2.05) is 11.8 Å². The highest BCUT2D eigenvalue weighted by Crippen LogP contribution is 2.25. The predicted octanol–water partition coefficient (Wildman–Crippen LogP) is 1.33. The maximum Gasteiger partial charge on any atom is 0.243 e. The van der Waals surface area contributed by atoms with E-state index in [1.165, 1.54) is 4.31 Å². The van der Waals surface area contributed by atoms with Crippen molar-refractivity contribution < 1.29 is 13.2 Å². The Morgan fingerprint density at radius 1 is 1.20 bits per heavy atom. The number of hydrogen-bond acceptors (Lipinski definition) is 4. The molecule has 0 aromatic heterocycles. The third-order valence-electron chi connectivity index (χ3n) is 4.90. The van der Waals surface area contributed by atoms with Crippen LogP contribution in [0.3, 0.4) is 0 Å². The van der Waals surface area contributed by atoms with E-state index in [2.05, 4.69) is 5.32 Å². The van der Waals surface area contributed by atoms with Gasteiger partial charge in [-0.3, -0.25) is 4.79 Å². The summed E-state index contributed by atoms with van der Waals surface area (Å²) in [5, 5.41) is 3.28. The minimum Gasteiger partial charge on any atom is -0.337 e. The van der Waals surface area contributed by atoms with Gasteiger partial charge in [-0.05, 0) is 31.9 Å². The van der Waals surface area contributed by atoms with Gasteiger partial charge in [-0.1, -0.05) is 18.2 Å². The van der Waals surface area contributed by atoms with Gasteiger partial charge >= 0.3 is 0 Å². The summed E-state index contributed by atoms with van der Waals surface area (Å²) in [6, 6.07) is 8.63. The van der Waals surface area contributed by atoms with E-state index in [-0.39, 0.29) is 36.8 Å². The number of hydrogen-bond donors (Lipinski definition) is 1. The molecule has 0 saturated carbocycles. The Morgan fingerprint density at radius 2 is 1.92 bits per heavy atom. The molecule has 1 N–H and O–H groups in total. The third kappa shape index (κ3) is 4.34. The van der Waals surface area contributed by atoms with E-state index in [1.54, 1.807) is 30.3 Å². The monoisotopic (exact) mass is 387 g/mol. The molecule has 1 aromatic rings. The van der Waals surface area contributed by atoms with Gasteiger partial charge in [-0.25, -0.2) is 8.42 Å². The van der Waals surface area contributed by atoms with Crippen LogP contribution in [-0.2, 0) is 14.8 Å². The second-order valence-electron chi connectivity index (χ2n) is 6.60. The van der Waals surface area contributed by atoms with Crippen LogP contribution < -0.4 is 5.32 Å². The van der Waals surface area contributed by atoms with Gasteiger partial charge in [0.2, 0.25) is 15.9 Å². The number of nitrogens with one attached hydrogen (secondary N) is 1. The highest BCUT2D eigenvalue weighted by atomic mass is 35.5. The van der Waals surface area contributed by atoms with Crippen LogP contribution in [0.1, 0.15) is 19.8 Å². The Balaban J connectivity index is 0.00000225. The summed E-state index contributed by atoms with van der Waals surface area (Å²) < 4.78 is 27.0. The van der Waals surface area contributed by atoms with E-state index in [0.717, 1.165) is 25.9 Å². The van der Waals surface area contributed by atoms with Gasteiger partial charge in [0.25, 0.3) is 0 Å². The molecule has 2 atom stereocenters. The number of amides is 1. The van der Waals surface area contributed by atoms with Crippen molar-refractivity contribution in [2.24, 2.45) is 5.92 Å². The van der Waals surface area contributed by atoms with Gasteiger partial charge in [-0.2, -0.15) is 4.31 Å². The molecule has 2 heterocycles.